The standard InChI is InChI=1S/C16H17BrF2N2/c1-3-7-21-16(11-9-20-8-6-10(11)2)14-13(18)5-4-12(17)15(14)19/h4-6,8-9,16,21H,3,7H2,1-2H3. The van der Waals surface area contributed by atoms with Crippen molar-refractivity contribution in [1.82, 2.24) is 10.3 Å². The number of aryl methyl sites for hydroxylation is 1. The molecule has 21 heavy (non-hydrogen) atoms. The van der Waals surface area contributed by atoms with Crippen LogP contribution in [0.5, 0.6) is 0 Å². The lowest BCUT2D eigenvalue weighted by molar-refractivity contribution is 0.498. The molecule has 1 unspecified atom stereocenters. The fourth-order valence-electron chi connectivity index (χ4n) is 2.24. The lowest BCUT2D eigenvalue weighted by Gasteiger charge is -2.22. The van der Waals surface area contributed by atoms with E-state index in [1.165, 1.54) is 12.1 Å². The van der Waals surface area contributed by atoms with Gasteiger partial charge in [-0.25, -0.2) is 8.78 Å². The van der Waals surface area contributed by atoms with Crippen molar-refractivity contribution in [2.45, 2.75) is 26.3 Å². The molecule has 0 saturated heterocycles. The van der Waals surface area contributed by atoms with Crippen molar-refractivity contribution in [3.05, 3.63) is 63.4 Å². The molecule has 1 heterocycles. The lowest BCUT2D eigenvalue weighted by atomic mass is 9.95. The number of rotatable bonds is 5. The van der Waals surface area contributed by atoms with Crippen LogP contribution in [0.4, 0.5) is 8.78 Å². The van der Waals surface area contributed by atoms with Crippen LogP contribution in [0.1, 0.15) is 36.1 Å². The molecule has 2 aromatic rings. The van der Waals surface area contributed by atoms with Crippen LogP contribution in [0.3, 0.4) is 0 Å². The summed E-state index contributed by atoms with van der Waals surface area (Å²) < 4.78 is 28.9. The van der Waals surface area contributed by atoms with Gasteiger partial charge in [0.05, 0.1) is 10.5 Å². The van der Waals surface area contributed by atoms with E-state index in [9.17, 15) is 8.78 Å². The highest BCUT2D eigenvalue weighted by molar-refractivity contribution is 9.10. The number of nitrogens with one attached hydrogen (secondary N) is 1. The largest absolute Gasteiger partial charge is 0.306 e. The summed E-state index contributed by atoms with van der Waals surface area (Å²) in [6.45, 7) is 4.57. The van der Waals surface area contributed by atoms with Gasteiger partial charge in [-0.2, -0.15) is 0 Å². The number of benzene rings is 1. The van der Waals surface area contributed by atoms with E-state index in [2.05, 4.69) is 26.2 Å². The summed E-state index contributed by atoms with van der Waals surface area (Å²) in [5.41, 5.74) is 1.74. The highest BCUT2D eigenvalue weighted by atomic mass is 79.9. The van der Waals surface area contributed by atoms with E-state index in [0.29, 0.717) is 6.54 Å². The van der Waals surface area contributed by atoms with Gasteiger partial charge < -0.3 is 5.32 Å². The van der Waals surface area contributed by atoms with Gasteiger partial charge in [0.25, 0.3) is 0 Å². The zero-order valence-electron chi connectivity index (χ0n) is 12.0. The Bertz CT molecular complexity index is 632. The normalized spacial score (nSPS) is 12.4. The van der Waals surface area contributed by atoms with Gasteiger partial charge in [0, 0.05) is 18.0 Å². The van der Waals surface area contributed by atoms with Gasteiger partial charge in [-0.05, 0) is 65.1 Å². The Kier molecular flexibility index (Phi) is 5.42. The summed E-state index contributed by atoms with van der Waals surface area (Å²) in [5.74, 6) is -1.14. The Labute approximate surface area is 131 Å². The lowest BCUT2D eigenvalue weighted by Crippen LogP contribution is -2.26. The number of hydrogen-bond donors (Lipinski definition) is 1. The molecule has 5 heteroatoms. The minimum absolute atomic E-state index is 0.0222. The molecule has 0 fully saturated rings. The van der Waals surface area contributed by atoms with Crippen LogP contribution in [0, 0.1) is 18.6 Å². The van der Waals surface area contributed by atoms with Crippen molar-refractivity contribution in [2.75, 3.05) is 6.54 Å². The van der Waals surface area contributed by atoms with Crippen LogP contribution in [0.25, 0.3) is 0 Å². The monoisotopic (exact) mass is 354 g/mol. The zero-order valence-corrected chi connectivity index (χ0v) is 13.5. The highest BCUT2D eigenvalue weighted by Crippen LogP contribution is 2.31. The predicted octanol–water partition coefficient (Wildman–Crippen LogP) is 4.52. The van der Waals surface area contributed by atoms with Gasteiger partial charge in [-0.3, -0.25) is 4.98 Å². The first-order chi connectivity index (χ1) is 10.1. The molecule has 0 aliphatic heterocycles. The summed E-state index contributed by atoms with van der Waals surface area (Å²) >= 11 is 3.12. The molecular weight excluding hydrogens is 338 g/mol. The molecule has 2 rings (SSSR count). The molecule has 0 radical (unpaired) electrons. The summed E-state index contributed by atoms with van der Waals surface area (Å²) in [7, 11) is 0. The maximum atomic E-state index is 14.4. The van der Waals surface area contributed by atoms with Gasteiger partial charge >= 0.3 is 0 Å². The van der Waals surface area contributed by atoms with E-state index in [1.54, 1.807) is 12.4 Å². The van der Waals surface area contributed by atoms with Gasteiger partial charge in [0.2, 0.25) is 0 Å². The van der Waals surface area contributed by atoms with Crippen molar-refractivity contribution in [3.63, 3.8) is 0 Å². The van der Waals surface area contributed by atoms with Gasteiger partial charge in [-0.1, -0.05) is 6.92 Å². The van der Waals surface area contributed by atoms with E-state index in [4.69, 9.17) is 0 Å². The molecule has 0 aliphatic rings. The number of aromatic nitrogens is 1. The first-order valence-electron chi connectivity index (χ1n) is 6.83. The highest BCUT2D eigenvalue weighted by Gasteiger charge is 2.24. The van der Waals surface area contributed by atoms with Gasteiger partial charge in [-0.15, -0.1) is 0 Å². The average Bonchev–Trinajstić information content (AvgIpc) is 2.47. The van der Waals surface area contributed by atoms with E-state index in [0.717, 1.165) is 17.5 Å². The molecule has 0 amide bonds. The van der Waals surface area contributed by atoms with Crippen molar-refractivity contribution < 1.29 is 8.78 Å². The first-order valence-corrected chi connectivity index (χ1v) is 7.62. The second-order valence-corrected chi connectivity index (χ2v) is 5.73. The molecule has 2 nitrogen and oxygen atoms in total. The second-order valence-electron chi connectivity index (χ2n) is 4.88. The van der Waals surface area contributed by atoms with Crippen LogP contribution in [0.2, 0.25) is 0 Å². The number of nitrogens with zero attached hydrogens (tertiary/aromatic N) is 1. The van der Waals surface area contributed by atoms with Crippen molar-refractivity contribution in [1.29, 1.82) is 0 Å². The van der Waals surface area contributed by atoms with Crippen molar-refractivity contribution >= 4 is 15.9 Å². The molecule has 112 valence electrons. The molecule has 1 atom stereocenters. The van der Waals surface area contributed by atoms with Crippen LogP contribution in [0.15, 0.2) is 35.1 Å². The summed E-state index contributed by atoms with van der Waals surface area (Å²) in [4.78, 5) is 4.09. The maximum absolute atomic E-state index is 14.4. The Morgan fingerprint density at radius 3 is 2.71 bits per heavy atom. The fraction of sp³-hybridized carbons (Fsp3) is 0.312. The summed E-state index contributed by atoms with van der Waals surface area (Å²) in [6, 6.07) is 3.93. The van der Waals surface area contributed by atoms with E-state index >= 15 is 0 Å². The molecule has 0 saturated carbocycles. The average molecular weight is 355 g/mol. The minimum atomic E-state index is -0.577. The zero-order chi connectivity index (χ0) is 15.4. The number of halogens is 3. The fourth-order valence-corrected chi connectivity index (χ4v) is 2.59. The van der Waals surface area contributed by atoms with Gasteiger partial charge in [0.1, 0.15) is 11.6 Å². The molecule has 0 spiro atoms. The van der Waals surface area contributed by atoms with Crippen molar-refractivity contribution in [3.8, 4) is 0 Å². The Morgan fingerprint density at radius 2 is 2.05 bits per heavy atom. The second kappa shape index (κ2) is 7.09. The summed E-state index contributed by atoms with van der Waals surface area (Å²) in [6.07, 6.45) is 4.19. The molecular formula is C16H17BrF2N2. The number of pyridine rings is 1. The maximum Gasteiger partial charge on any atom is 0.145 e. The molecule has 1 aromatic heterocycles. The van der Waals surface area contributed by atoms with E-state index < -0.39 is 17.7 Å². The molecule has 0 aliphatic carbocycles. The third-order valence-corrected chi connectivity index (χ3v) is 3.97. The van der Waals surface area contributed by atoms with Gasteiger partial charge in [0.15, 0.2) is 0 Å². The number of hydrogen-bond acceptors (Lipinski definition) is 2. The smallest absolute Gasteiger partial charge is 0.145 e. The Morgan fingerprint density at radius 1 is 1.29 bits per heavy atom. The third-order valence-electron chi connectivity index (χ3n) is 3.36. The topological polar surface area (TPSA) is 24.9 Å². The SMILES string of the molecule is CCCNC(c1cnccc1C)c1c(F)ccc(Br)c1F. The van der Waals surface area contributed by atoms with E-state index in [1.807, 2.05) is 19.9 Å². The van der Waals surface area contributed by atoms with Crippen LogP contribution >= 0.6 is 15.9 Å². The molecule has 0 bridgehead atoms. The molecule has 1 N–H and O–H groups in total. The Hall–Kier alpha value is -1.33. The Balaban J connectivity index is 2.56. The third kappa shape index (κ3) is 3.47. The van der Waals surface area contributed by atoms with Crippen molar-refractivity contribution in [2.24, 2.45) is 0 Å². The quantitative estimate of drug-likeness (QED) is 0.798. The first kappa shape index (κ1) is 16.0. The predicted molar refractivity (Wildman–Crippen MR) is 83.2 cm³/mol. The van der Waals surface area contributed by atoms with Crippen LogP contribution in [-0.4, -0.2) is 11.5 Å². The summed E-state index contributed by atoms with van der Waals surface area (Å²) in [5, 5.41) is 3.21. The minimum Gasteiger partial charge on any atom is -0.306 e. The van der Waals surface area contributed by atoms with Crippen LogP contribution < -0.4 is 5.32 Å². The molecule has 1 aromatic carbocycles. The van der Waals surface area contributed by atoms with Crippen LogP contribution in [-0.2, 0) is 0 Å². The van der Waals surface area contributed by atoms with E-state index in [-0.39, 0.29) is 10.0 Å².